The first-order valence-electron chi connectivity index (χ1n) is 6.70. The lowest BCUT2D eigenvalue weighted by Crippen LogP contribution is -2.73. The minimum atomic E-state index is -8.41. The first kappa shape index (κ1) is 25.8. The standard InChI is InChI=1S/C11H6F16O2/c12-4(13)5(14,15)6(16,17)7(18,19)8(20,21)9(22,23)10(24,25)11(26,27)29-2-3-1-28-3/h3-4H,1-2H2. The molecule has 0 N–H and O–H groups in total. The number of ether oxygens (including phenoxy) is 2. The highest BCUT2D eigenvalue weighted by Gasteiger charge is 2.94. The Kier molecular flexibility index (Phi) is 6.16. The average molecular weight is 474 g/mol. The van der Waals surface area contributed by atoms with Crippen molar-refractivity contribution in [2.75, 3.05) is 13.2 Å². The Balaban J connectivity index is 3.41. The van der Waals surface area contributed by atoms with Gasteiger partial charge in [-0.05, 0) is 0 Å². The lowest BCUT2D eigenvalue weighted by molar-refractivity contribution is -0.469. The van der Waals surface area contributed by atoms with Crippen molar-refractivity contribution in [3.8, 4) is 0 Å². The molecule has 0 bridgehead atoms. The average Bonchev–Trinajstić information content (AvgIpc) is 3.35. The van der Waals surface area contributed by atoms with E-state index in [1.54, 1.807) is 0 Å². The third-order valence-corrected chi connectivity index (χ3v) is 3.49. The lowest BCUT2D eigenvalue weighted by atomic mass is 9.91. The van der Waals surface area contributed by atoms with Gasteiger partial charge in [-0.2, -0.15) is 61.5 Å². The van der Waals surface area contributed by atoms with Crippen LogP contribution in [0.15, 0.2) is 0 Å². The van der Waals surface area contributed by atoms with Gasteiger partial charge in [-0.15, -0.1) is 0 Å². The molecule has 0 amide bonds. The molecule has 0 aromatic carbocycles. The minimum Gasteiger partial charge on any atom is -0.371 e. The Morgan fingerprint density at radius 3 is 1.34 bits per heavy atom. The van der Waals surface area contributed by atoms with Crippen LogP contribution in [0.25, 0.3) is 0 Å². The number of halogens is 16. The third kappa shape index (κ3) is 3.59. The van der Waals surface area contributed by atoms with Crippen LogP contribution in [-0.2, 0) is 9.47 Å². The van der Waals surface area contributed by atoms with E-state index in [9.17, 15) is 70.2 Å². The summed E-state index contributed by atoms with van der Waals surface area (Å²) in [5.74, 6) is -48.2. The smallest absolute Gasteiger partial charge is 0.371 e. The van der Waals surface area contributed by atoms with Crippen LogP contribution in [0.1, 0.15) is 0 Å². The van der Waals surface area contributed by atoms with Crippen LogP contribution < -0.4 is 0 Å². The molecule has 1 saturated heterocycles. The van der Waals surface area contributed by atoms with Gasteiger partial charge >= 0.3 is 48.1 Å². The van der Waals surface area contributed by atoms with Gasteiger partial charge in [0.15, 0.2) is 0 Å². The van der Waals surface area contributed by atoms with Gasteiger partial charge in [0.05, 0.1) is 13.2 Å². The fourth-order valence-electron chi connectivity index (χ4n) is 1.57. The Bertz CT molecular complexity index is 596. The molecule has 0 saturated carbocycles. The second-order valence-electron chi connectivity index (χ2n) is 5.58. The highest BCUT2D eigenvalue weighted by molar-refractivity contribution is 5.13. The van der Waals surface area contributed by atoms with Crippen LogP contribution in [0.5, 0.6) is 0 Å². The maximum atomic E-state index is 13.3. The summed E-state index contributed by atoms with van der Waals surface area (Å²) >= 11 is 0. The highest BCUT2D eigenvalue weighted by atomic mass is 19.4. The van der Waals surface area contributed by atoms with Crippen LogP contribution >= 0.6 is 0 Å². The quantitative estimate of drug-likeness (QED) is 0.326. The first-order valence-corrected chi connectivity index (χ1v) is 6.70. The number of epoxide rings is 1. The van der Waals surface area contributed by atoms with Gasteiger partial charge in [-0.25, -0.2) is 8.78 Å². The minimum absolute atomic E-state index is 0.443. The molecule has 1 rings (SSSR count). The van der Waals surface area contributed by atoms with Crippen molar-refractivity contribution in [3.63, 3.8) is 0 Å². The van der Waals surface area contributed by atoms with E-state index in [-0.39, 0.29) is 0 Å². The molecule has 1 aliphatic heterocycles. The molecule has 1 unspecified atom stereocenters. The highest BCUT2D eigenvalue weighted by Crippen LogP contribution is 2.62. The van der Waals surface area contributed by atoms with Crippen LogP contribution in [0, 0.1) is 0 Å². The van der Waals surface area contributed by atoms with Gasteiger partial charge in [0, 0.05) is 0 Å². The molecule has 1 aliphatic rings. The second kappa shape index (κ2) is 6.91. The number of rotatable bonds is 10. The largest absolute Gasteiger partial charge is 0.426 e. The van der Waals surface area contributed by atoms with Crippen LogP contribution in [0.3, 0.4) is 0 Å². The normalized spacial score (nSPS) is 20.4. The van der Waals surface area contributed by atoms with Crippen LogP contribution in [0.2, 0.25) is 0 Å². The van der Waals surface area contributed by atoms with Gasteiger partial charge in [0.2, 0.25) is 0 Å². The maximum Gasteiger partial charge on any atom is 0.426 e. The summed E-state index contributed by atoms with van der Waals surface area (Å²) in [6.07, 6.45) is -14.0. The Labute approximate surface area is 148 Å². The van der Waals surface area contributed by atoms with Crippen LogP contribution in [0.4, 0.5) is 70.2 Å². The predicted octanol–water partition coefficient (Wildman–Crippen LogP) is 5.07. The van der Waals surface area contributed by atoms with Crippen molar-refractivity contribution >= 4 is 0 Å². The fourth-order valence-corrected chi connectivity index (χ4v) is 1.57. The molecule has 174 valence electrons. The Morgan fingerprint density at radius 2 is 1.00 bits per heavy atom. The van der Waals surface area contributed by atoms with Crippen molar-refractivity contribution in [1.82, 2.24) is 0 Å². The van der Waals surface area contributed by atoms with E-state index in [1.165, 1.54) is 0 Å². The first-order chi connectivity index (χ1) is 12.5. The van der Waals surface area contributed by atoms with Gasteiger partial charge in [0.1, 0.15) is 6.10 Å². The molecule has 0 aliphatic carbocycles. The Hall–Kier alpha value is -1.20. The van der Waals surface area contributed by atoms with E-state index in [1.807, 2.05) is 0 Å². The lowest BCUT2D eigenvalue weighted by Gasteiger charge is -2.42. The molecule has 0 aromatic rings. The zero-order valence-corrected chi connectivity index (χ0v) is 12.9. The number of alkyl halides is 16. The molecule has 29 heavy (non-hydrogen) atoms. The van der Waals surface area contributed by atoms with Crippen molar-refractivity contribution in [2.45, 2.75) is 54.2 Å². The van der Waals surface area contributed by atoms with Crippen molar-refractivity contribution < 1.29 is 79.7 Å². The summed E-state index contributed by atoms with van der Waals surface area (Å²) in [6.45, 7) is -2.11. The maximum absolute atomic E-state index is 13.3. The van der Waals surface area contributed by atoms with E-state index in [2.05, 4.69) is 9.47 Å². The number of hydrogen-bond donors (Lipinski definition) is 0. The Morgan fingerprint density at radius 1 is 0.655 bits per heavy atom. The summed E-state index contributed by atoms with van der Waals surface area (Å²) in [5, 5.41) is 0. The monoisotopic (exact) mass is 474 g/mol. The van der Waals surface area contributed by atoms with Gasteiger partial charge < -0.3 is 9.47 Å². The zero-order valence-electron chi connectivity index (χ0n) is 12.9. The molecule has 0 radical (unpaired) electrons. The second-order valence-corrected chi connectivity index (χ2v) is 5.58. The van der Waals surface area contributed by atoms with E-state index in [0.717, 1.165) is 0 Å². The molecule has 1 heterocycles. The van der Waals surface area contributed by atoms with E-state index in [0.29, 0.717) is 0 Å². The van der Waals surface area contributed by atoms with Gasteiger partial charge in [-0.1, -0.05) is 0 Å². The SMILES string of the molecule is FC(F)C(F)(F)C(F)(F)C(F)(F)C(F)(F)C(F)(F)C(F)(F)C(F)(F)OCC1CO1. The van der Waals surface area contributed by atoms with Gasteiger partial charge in [0.25, 0.3) is 0 Å². The molecule has 0 aromatic heterocycles. The van der Waals surface area contributed by atoms with E-state index in [4.69, 9.17) is 0 Å². The summed E-state index contributed by atoms with van der Waals surface area (Å²) in [5.41, 5.74) is 0. The molecule has 1 atom stereocenters. The van der Waals surface area contributed by atoms with Crippen molar-refractivity contribution in [3.05, 3.63) is 0 Å². The van der Waals surface area contributed by atoms with Gasteiger partial charge in [-0.3, -0.25) is 0 Å². The molecule has 0 spiro atoms. The van der Waals surface area contributed by atoms with E-state index < -0.39 is 67.4 Å². The van der Waals surface area contributed by atoms with Crippen molar-refractivity contribution in [2.24, 2.45) is 0 Å². The zero-order chi connectivity index (χ0) is 23.5. The molecular formula is C11H6F16O2. The van der Waals surface area contributed by atoms with E-state index >= 15 is 0 Å². The summed E-state index contributed by atoms with van der Waals surface area (Å²) in [6, 6.07) is 0. The predicted molar refractivity (Wildman–Crippen MR) is 56.3 cm³/mol. The third-order valence-electron chi connectivity index (χ3n) is 3.49. The molecule has 1 fully saturated rings. The van der Waals surface area contributed by atoms with Crippen molar-refractivity contribution in [1.29, 1.82) is 0 Å². The molecular weight excluding hydrogens is 468 g/mol. The number of hydrogen-bond acceptors (Lipinski definition) is 2. The summed E-state index contributed by atoms with van der Waals surface area (Å²) in [4.78, 5) is 0. The summed E-state index contributed by atoms with van der Waals surface area (Å²) < 4.78 is 214. The molecule has 18 heteroatoms. The molecule has 2 nitrogen and oxygen atoms in total. The van der Waals surface area contributed by atoms with Crippen LogP contribution in [-0.4, -0.2) is 67.4 Å². The summed E-state index contributed by atoms with van der Waals surface area (Å²) in [7, 11) is 0. The fraction of sp³-hybridized carbons (Fsp3) is 1.00. The topological polar surface area (TPSA) is 21.8 Å².